The van der Waals surface area contributed by atoms with Crippen LogP contribution in [-0.2, 0) is 0 Å². The van der Waals surface area contributed by atoms with Crippen molar-refractivity contribution in [2.24, 2.45) is 0 Å². The zero-order valence-electron chi connectivity index (χ0n) is 10.5. The minimum absolute atomic E-state index is 0.703. The van der Waals surface area contributed by atoms with E-state index in [4.69, 9.17) is 0 Å². The molecule has 0 spiro atoms. The topological polar surface area (TPSA) is 12.0 Å². The third-order valence-electron chi connectivity index (χ3n) is 3.31. The van der Waals surface area contributed by atoms with Crippen LogP contribution in [-0.4, -0.2) is 12.6 Å². The van der Waals surface area contributed by atoms with Crippen LogP contribution in [0.3, 0.4) is 0 Å². The van der Waals surface area contributed by atoms with E-state index in [9.17, 15) is 0 Å². The Labute approximate surface area is 95.3 Å². The lowest BCUT2D eigenvalue weighted by molar-refractivity contribution is 0.494. The Hall–Kier alpha value is -0.300. The highest BCUT2D eigenvalue weighted by Crippen LogP contribution is 2.19. The standard InChI is InChI=1S/C14H27N/c1-3-4-8-13(2)15-12-11-14-9-6-5-7-10-14/h9,13,15H,3-8,10-12H2,1-2H3. The van der Waals surface area contributed by atoms with Crippen LogP contribution in [0.15, 0.2) is 11.6 Å². The monoisotopic (exact) mass is 209 g/mol. The maximum Gasteiger partial charge on any atom is 0.00388 e. The van der Waals surface area contributed by atoms with Gasteiger partial charge in [0.1, 0.15) is 0 Å². The Morgan fingerprint density at radius 1 is 1.40 bits per heavy atom. The van der Waals surface area contributed by atoms with E-state index in [1.165, 1.54) is 57.9 Å². The SMILES string of the molecule is CCCCC(C)NCCC1=CCCCC1. The van der Waals surface area contributed by atoms with Crippen molar-refractivity contribution in [1.29, 1.82) is 0 Å². The van der Waals surface area contributed by atoms with Crippen LogP contribution in [0.4, 0.5) is 0 Å². The van der Waals surface area contributed by atoms with Gasteiger partial charge in [-0.1, -0.05) is 31.4 Å². The maximum atomic E-state index is 3.62. The quantitative estimate of drug-likeness (QED) is 0.624. The fourth-order valence-electron chi connectivity index (χ4n) is 2.22. The third kappa shape index (κ3) is 5.99. The Kier molecular flexibility index (Phi) is 6.74. The summed E-state index contributed by atoms with van der Waals surface area (Å²) in [5, 5.41) is 3.62. The molecule has 0 radical (unpaired) electrons. The second-order valence-electron chi connectivity index (χ2n) is 4.86. The lowest BCUT2D eigenvalue weighted by Gasteiger charge is -2.16. The molecule has 0 saturated heterocycles. The molecule has 1 nitrogen and oxygen atoms in total. The zero-order valence-corrected chi connectivity index (χ0v) is 10.5. The molecule has 0 fully saturated rings. The molecule has 15 heavy (non-hydrogen) atoms. The van der Waals surface area contributed by atoms with Crippen molar-refractivity contribution in [1.82, 2.24) is 5.32 Å². The summed E-state index contributed by atoms with van der Waals surface area (Å²) in [4.78, 5) is 0. The van der Waals surface area contributed by atoms with E-state index in [-0.39, 0.29) is 0 Å². The minimum Gasteiger partial charge on any atom is -0.314 e. The van der Waals surface area contributed by atoms with Crippen LogP contribution in [0.2, 0.25) is 0 Å². The molecule has 0 aromatic heterocycles. The van der Waals surface area contributed by atoms with Gasteiger partial charge in [-0.3, -0.25) is 0 Å². The molecule has 88 valence electrons. The first kappa shape index (κ1) is 12.8. The van der Waals surface area contributed by atoms with Crippen molar-refractivity contribution >= 4 is 0 Å². The summed E-state index contributed by atoms with van der Waals surface area (Å²) in [5.41, 5.74) is 1.69. The lowest BCUT2D eigenvalue weighted by atomic mass is 9.97. The van der Waals surface area contributed by atoms with Crippen molar-refractivity contribution in [2.75, 3.05) is 6.54 Å². The van der Waals surface area contributed by atoms with Gasteiger partial charge in [0, 0.05) is 6.04 Å². The molecule has 1 heteroatoms. The number of unbranched alkanes of at least 4 members (excludes halogenated alkanes) is 1. The first-order valence-electron chi connectivity index (χ1n) is 6.74. The molecule has 1 unspecified atom stereocenters. The Morgan fingerprint density at radius 2 is 2.27 bits per heavy atom. The number of allylic oxidation sites excluding steroid dienone is 1. The molecule has 0 heterocycles. The lowest BCUT2D eigenvalue weighted by Crippen LogP contribution is -2.27. The molecule has 1 aliphatic rings. The predicted molar refractivity (Wildman–Crippen MR) is 68.2 cm³/mol. The molecule has 0 aromatic carbocycles. The van der Waals surface area contributed by atoms with Gasteiger partial charge in [0.05, 0.1) is 0 Å². The second kappa shape index (κ2) is 7.92. The van der Waals surface area contributed by atoms with E-state index < -0.39 is 0 Å². The number of hydrogen-bond acceptors (Lipinski definition) is 1. The zero-order chi connectivity index (χ0) is 10.9. The molecule has 1 rings (SSSR count). The Balaban J connectivity index is 2.02. The van der Waals surface area contributed by atoms with Crippen molar-refractivity contribution in [3.8, 4) is 0 Å². The fraction of sp³-hybridized carbons (Fsp3) is 0.857. The van der Waals surface area contributed by atoms with Gasteiger partial charge in [0.15, 0.2) is 0 Å². The average Bonchev–Trinajstić information content (AvgIpc) is 2.28. The van der Waals surface area contributed by atoms with E-state index in [0.29, 0.717) is 6.04 Å². The molecular weight excluding hydrogens is 182 g/mol. The van der Waals surface area contributed by atoms with Crippen LogP contribution >= 0.6 is 0 Å². The normalized spacial score (nSPS) is 18.7. The molecule has 0 aliphatic heterocycles. The summed E-state index contributed by atoms with van der Waals surface area (Å²) in [6.07, 6.45) is 13.2. The van der Waals surface area contributed by atoms with Crippen LogP contribution in [0, 0.1) is 0 Å². The highest BCUT2D eigenvalue weighted by molar-refractivity contribution is 5.05. The smallest absolute Gasteiger partial charge is 0.00388 e. The van der Waals surface area contributed by atoms with Gasteiger partial charge in [-0.2, -0.15) is 0 Å². The van der Waals surface area contributed by atoms with Crippen molar-refractivity contribution in [3.05, 3.63) is 11.6 Å². The van der Waals surface area contributed by atoms with E-state index in [2.05, 4.69) is 25.2 Å². The summed E-state index contributed by atoms with van der Waals surface area (Å²) in [7, 11) is 0. The largest absolute Gasteiger partial charge is 0.314 e. The fourth-order valence-corrected chi connectivity index (χ4v) is 2.22. The van der Waals surface area contributed by atoms with Gasteiger partial charge in [-0.25, -0.2) is 0 Å². The average molecular weight is 209 g/mol. The molecule has 0 saturated carbocycles. The van der Waals surface area contributed by atoms with E-state index in [1.807, 2.05) is 0 Å². The van der Waals surface area contributed by atoms with Gasteiger partial charge < -0.3 is 5.32 Å². The molecule has 1 atom stereocenters. The van der Waals surface area contributed by atoms with Crippen molar-refractivity contribution < 1.29 is 0 Å². The number of hydrogen-bond donors (Lipinski definition) is 1. The first-order valence-corrected chi connectivity index (χ1v) is 6.74. The summed E-state index contributed by atoms with van der Waals surface area (Å²) in [6, 6.07) is 0.703. The molecule has 1 N–H and O–H groups in total. The molecule has 0 amide bonds. The van der Waals surface area contributed by atoms with Crippen LogP contribution in [0.5, 0.6) is 0 Å². The van der Waals surface area contributed by atoms with Crippen LogP contribution in [0.1, 0.15) is 65.2 Å². The summed E-state index contributed by atoms with van der Waals surface area (Å²) in [5.74, 6) is 0. The van der Waals surface area contributed by atoms with Gasteiger partial charge in [0.25, 0.3) is 0 Å². The number of rotatable bonds is 7. The van der Waals surface area contributed by atoms with Crippen molar-refractivity contribution in [2.45, 2.75) is 71.3 Å². The Bertz CT molecular complexity index is 184. The van der Waals surface area contributed by atoms with Gasteiger partial charge in [-0.15, -0.1) is 0 Å². The van der Waals surface area contributed by atoms with E-state index in [0.717, 1.165) is 0 Å². The van der Waals surface area contributed by atoms with Crippen molar-refractivity contribution in [3.63, 3.8) is 0 Å². The second-order valence-corrected chi connectivity index (χ2v) is 4.86. The van der Waals surface area contributed by atoms with Crippen LogP contribution < -0.4 is 5.32 Å². The Morgan fingerprint density at radius 3 is 2.93 bits per heavy atom. The third-order valence-corrected chi connectivity index (χ3v) is 3.31. The van der Waals surface area contributed by atoms with Gasteiger partial charge in [-0.05, 0) is 52.0 Å². The molecular formula is C14H27N. The van der Waals surface area contributed by atoms with E-state index in [1.54, 1.807) is 5.57 Å². The summed E-state index contributed by atoms with van der Waals surface area (Å²) >= 11 is 0. The molecule has 1 aliphatic carbocycles. The highest BCUT2D eigenvalue weighted by Gasteiger charge is 2.04. The van der Waals surface area contributed by atoms with Crippen LogP contribution in [0.25, 0.3) is 0 Å². The molecule has 0 aromatic rings. The van der Waals surface area contributed by atoms with E-state index >= 15 is 0 Å². The number of nitrogens with one attached hydrogen (secondary N) is 1. The molecule has 0 bridgehead atoms. The predicted octanol–water partition coefficient (Wildman–Crippen LogP) is 4.05. The minimum atomic E-state index is 0.703. The highest BCUT2D eigenvalue weighted by atomic mass is 14.9. The maximum absolute atomic E-state index is 3.62. The summed E-state index contributed by atoms with van der Waals surface area (Å²) < 4.78 is 0. The summed E-state index contributed by atoms with van der Waals surface area (Å²) in [6.45, 7) is 5.75. The first-order chi connectivity index (χ1) is 7.33. The van der Waals surface area contributed by atoms with Gasteiger partial charge in [0.2, 0.25) is 0 Å². The van der Waals surface area contributed by atoms with Gasteiger partial charge >= 0.3 is 0 Å².